The molecule has 8 nitrogen and oxygen atoms in total. The van der Waals surface area contributed by atoms with Crippen LogP contribution < -0.4 is 15.4 Å². The van der Waals surface area contributed by atoms with E-state index < -0.39 is 10.8 Å². The molecule has 1 aromatic heterocycles. The molecule has 0 aliphatic heterocycles. The number of nitrogens with one attached hydrogen (secondary N) is 2. The van der Waals surface area contributed by atoms with Crippen molar-refractivity contribution in [1.29, 1.82) is 0 Å². The number of hydrogen-bond donors (Lipinski definition) is 2. The zero-order valence-electron chi connectivity index (χ0n) is 14.5. The molecular formula is C18H14N4O4S2. The van der Waals surface area contributed by atoms with Crippen molar-refractivity contribution in [3.05, 3.63) is 69.6 Å². The Morgan fingerprint density at radius 1 is 1.25 bits per heavy atom. The second kappa shape index (κ2) is 8.55. The van der Waals surface area contributed by atoms with Crippen LogP contribution in [0.1, 0.15) is 10.4 Å². The van der Waals surface area contributed by atoms with E-state index in [1.165, 1.54) is 35.6 Å². The van der Waals surface area contributed by atoms with Crippen LogP contribution in [-0.2, 0) is 0 Å². The molecule has 28 heavy (non-hydrogen) atoms. The first-order chi connectivity index (χ1) is 13.5. The van der Waals surface area contributed by atoms with Crippen LogP contribution >= 0.6 is 23.6 Å². The number of thiazole rings is 1. The summed E-state index contributed by atoms with van der Waals surface area (Å²) >= 11 is 6.46. The fourth-order valence-corrected chi connectivity index (χ4v) is 3.27. The summed E-state index contributed by atoms with van der Waals surface area (Å²) in [5.41, 5.74) is 1.63. The van der Waals surface area contributed by atoms with Crippen LogP contribution in [0.2, 0.25) is 0 Å². The number of anilines is 1. The first-order valence-corrected chi connectivity index (χ1v) is 9.22. The third kappa shape index (κ3) is 4.67. The highest BCUT2D eigenvalue weighted by Crippen LogP contribution is 2.26. The highest BCUT2D eigenvalue weighted by molar-refractivity contribution is 7.80. The van der Waals surface area contributed by atoms with E-state index in [0.717, 1.165) is 17.0 Å². The summed E-state index contributed by atoms with van der Waals surface area (Å²) in [7, 11) is 1.60. The number of non-ortho nitro benzene ring substituents is 1. The lowest BCUT2D eigenvalue weighted by atomic mass is 10.2. The van der Waals surface area contributed by atoms with Crippen molar-refractivity contribution in [3.8, 4) is 17.0 Å². The highest BCUT2D eigenvalue weighted by atomic mass is 32.1. The number of benzene rings is 2. The van der Waals surface area contributed by atoms with Gasteiger partial charge in [-0.25, -0.2) is 4.98 Å². The summed E-state index contributed by atoms with van der Waals surface area (Å²) in [6.45, 7) is 0. The lowest BCUT2D eigenvalue weighted by molar-refractivity contribution is -0.384. The summed E-state index contributed by atoms with van der Waals surface area (Å²) in [5, 5.41) is 18.6. The molecule has 0 aliphatic rings. The molecule has 2 N–H and O–H groups in total. The van der Waals surface area contributed by atoms with Gasteiger partial charge in [-0.3, -0.25) is 20.2 Å². The number of nitrogens with zero attached hydrogens (tertiary/aromatic N) is 2. The van der Waals surface area contributed by atoms with E-state index in [9.17, 15) is 14.9 Å². The summed E-state index contributed by atoms with van der Waals surface area (Å²) in [4.78, 5) is 26.9. The Morgan fingerprint density at radius 3 is 2.68 bits per heavy atom. The molecule has 0 aliphatic carbocycles. The van der Waals surface area contributed by atoms with Crippen LogP contribution in [0.25, 0.3) is 11.3 Å². The van der Waals surface area contributed by atoms with Crippen molar-refractivity contribution in [2.75, 3.05) is 12.4 Å². The number of aromatic nitrogens is 1. The van der Waals surface area contributed by atoms with Crippen molar-refractivity contribution in [3.63, 3.8) is 0 Å². The molecule has 0 unspecified atom stereocenters. The Labute approximate surface area is 169 Å². The first kappa shape index (κ1) is 19.4. The van der Waals surface area contributed by atoms with E-state index in [4.69, 9.17) is 17.0 Å². The molecular weight excluding hydrogens is 400 g/mol. The number of amides is 1. The van der Waals surface area contributed by atoms with Gasteiger partial charge in [-0.15, -0.1) is 11.3 Å². The summed E-state index contributed by atoms with van der Waals surface area (Å²) in [5.74, 6) is 0.204. The van der Waals surface area contributed by atoms with Gasteiger partial charge in [0.2, 0.25) is 0 Å². The number of carbonyl (C=O) groups is 1. The van der Waals surface area contributed by atoms with Crippen molar-refractivity contribution >= 4 is 45.4 Å². The predicted octanol–water partition coefficient (Wildman–Crippen LogP) is 3.85. The van der Waals surface area contributed by atoms with Gasteiger partial charge in [-0.1, -0.05) is 6.07 Å². The smallest absolute Gasteiger partial charge is 0.270 e. The van der Waals surface area contributed by atoms with Crippen LogP contribution in [0.15, 0.2) is 53.9 Å². The molecule has 3 rings (SSSR count). The predicted molar refractivity (Wildman–Crippen MR) is 111 cm³/mol. The van der Waals surface area contributed by atoms with Crippen molar-refractivity contribution in [2.24, 2.45) is 0 Å². The van der Waals surface area contributed by atoms with Gasteiger partial charge in [-0.2, -0.15) is 0 Å². The molecule has 0 radical (unpaired) electrons. The topological polar surface area (TPSA) is 106 Å². The zero-order chi connectivity index (χ0) is 20.1. The normalized spacial score (nSPS) is 10.2. The number of methoxy groups -OCH3 is 1. The van der Waals surface area contributed by atoms with E-state index in [2.05, 4.69) is 15.6 Å². The monoisotopic (exact) mass is 414 g/mol. The maximum absolute atomic E-state index is 12.2. The van der Waals surface area contributed by atoms with Gasteiger partial charge in [0.25, 0.3) is 11.6 Å². The molecule has 0 spiro atoms. The average molecular weight is 414 g/mol. The molecule has 2 aromatic carbocycles. The SMILES string of the molecule is COc1ccc(-c2csc(NC(=S)NC(=O)c3cccc([N+](=O)[O-])c3)n2)cc1. The summed E-state index contributed by atoms with van der Waals surface area (Å²) in [6, 6.07) is 12.9. The Kier molecular flexibility index (Phi) is 5.92. The number of rotatable bonds is 5. The molecule has 10 heteroatoms. The maximum Gasteiger partial charge on any atom is 0.270 e. The molecule has 0 fully saturated rings. The van der Waals surface area contributed by atoms with Crippen LogP contribution in [0.5, 0.6) is 5.75 Å². The minimum atomic E-state index is -0.566. The van der Waals surface area contributed by atoms with Crippen molar-refractivity contribution < 1.29 is 14.5 Å². The van der Waals surface area contributed by atoms with E-state index >= 15 is 0 Å². The van der Waals surface area contributed by atoms with E-state index in [1.807, 2.05) is 29.6 Å². The van der Waals surface area contributed by atoms with Gasteiger partial charge in [0.05, 0.1) is 17.7 Å². The number of thiocarbonyl (C=S) groups is 1. The lowest BCUT2D eigenvalue weighted by Crippen LogP contribution is -2.34. The third-order valence-corrected chi connectivity index (χ3v) is 4.62. The minimum Gasteiger partial charge on any atom is -0.497 e. The largest absolute Gasteiger partial charge is 0.497 e. The van der Waals surface area contributed by atoms with Crippen molar-refractivity contribution in [2.45, 2.75) is 0 Å². The lowest BCUT2D eigenvalue weighted by Gasteiger charge is -2.07. The van der Waals surface area contributed by atoms with Gasteiger partial charge in [-0.05, 0) is 42.5 Å². The second-order valence-corrected chi connectivity index (χ2v) is 6.75. The Hall–Kier alpha value is -3.37. The highest BCUT2D eigenvalue weighted by Gasteiger charge is 2.13. The molecule has 0 atom stereocenters. The number of nitro benzene ring substituents is 1. The van der Waals surface area contributed by atoms with Gasteiger partial charge in [0.1, 0.15) is 5.75 Å². The van der Waals surface area contributed by atoms with Crippen LogP contribution in [0.4, 0.5) is 10.8 Å². The molecule has 142 valence electrons. The fourth-order valence-electron chi connectivity index (χ4n) is 2.29. The summed E-state index contributed by atoms with van der Waals surface area (Å²) < 4.78 is 5.13. The number of ether oxygens (including phenoxy) is 1. The quantitative estimate of drug-likeness (QED) is 0.371. The van der Waals surface area contributed by atoms with Gasteiger partial charge in [0, 0.05) is 28.6 Å². The summed E-state index contributed by atoms with van der Waals surface area (Å²) in [6.07, 6.45) is 0. The number of hydrogen-bond acceptors (Lipinski definition) is 7. The maximum atomic E-state index is 12.2. The minimum absolute atomic E-state index is 0.0483. The molecule has 1 heterocycles. The van der Waals surface area contributed by atoms with Crippen LogP contribution in [0, 0.1) is 10.1 Å². The first-order valence-electron chi connectivity index (χ1n) is 7.93. The van der Waals surface area contributed by atoms with Gasteiger partial charge < -0.3 is 10.1 Å². The zero-order valence-corrected chi connectivity index (χ0v) is 16.2. The van der Waals surface area contributed by atoms with E-state index in [1.54, 1.807) is 7.11 Å². The van der Waals surface area contributed by atoms with E-state index in [0.29, 0.717) is 5.13 Å². The Balaban J connectivity index is 1.63. The third-order valence-electron chi connectivity index (χ3n) is 3.66. The van der Waals surface area contributed by atoms with E-state index in [-0.39, 0.29) is 16.4 Å². The second-order valence-electron chi connectivity index (χ2n) is 5.48. The molecule has 0 bridgehead atoms. The van der Waals surface area contributed by atoms with Crippen LogP contribution in [0.3, 0.4) is 0 Å². The molecule has 0 saturated carbocycles. The molecule has 3 aromatic rings. The number of nitro groups is 1. The fraction of sp³-hybridized carbons (Fsp3) is 0.0556. The van der Waals surface area contributed by atoms with Gasteiger partial charge >= 0.3 is 0 Å². The average Bonchev–Trinajstić information content (AvgIpc) is 3.16. The van der Waals surface area contributed by atoms with Crippen molar-refractivity contribution in [1.82, 2.24) is 10.3 Å². The Bertz CT molecular complexity index is 1030. The molecule has 0 saturated heterocycles. The van der Waals surface area contributed by atoms with Crippen LogP contribution in [-0.4, -0.2) is 28.0 Å². The Morgan fingerprint density at radius 2 is 2.00 bits per heavy atom. The number of carbonyl (C=O) groups excluding carboxylic acids is 1. The molecule has 1 amide bonds. The standard InChI is InChI=1S/C18H14N4O4S2/c1-26-14-7-5-11(6-8-14)15-10-28-18(19-15)21-17(27)20-16(23)12-3-2-4-13(9-12)22(24)25/h2-10H,1H3,(H2,19,20,21,23,27). The van der Waals surface area contributed by atoms with Gasteiger partial charge in [0.15, 0.2) is 10.2 Å².